The maximum Gasteiger partial charge on any atom is 0.139 e. The van der Waals surface area contributed by atoms with Gasteiger partial charge < -0.3 is 9.88 Å². The highest BCUT2D eigenvalue weighted by Crippen LogP contribution is 2.17. The average molecular weight is 202 g/mol. The molecule has 15 heavy (non-hydrogen) atoms. The molecule has 0 aliphatic carbocycles. The maximum absolute atomic E-state index is 4.40. The summed E-state index contributed by atoms with van der Waals surface area (Å²) in [6.45, 7) is 0.828. The van der Waals surface area contributed by atoms with Gasteiger partial charge in [0.15, 0.2) is 0 Å². The van der Waals surface area contributed by atoms with Gasteiger partial charge in [-0.05, 0) is 19.2 Å². The number of hydrogen-bond acceptors (Lipinski definition) is 3. The highest BCUT2D eigenvalue weighted by Gasteiger charge is 2.06. The van der Waals surface area contributed by atoms with E-state index in [0.717, 1.165) is 17.9 Å². The van der Waals surface area contributed by atoms with Crippen molar-refractivity contribution >= 4 is 0 Å². The molecule has 0 atom stereocenters. The van der Waals surface area contributed by atoms with Gasteiger partial charge in [0, 0.05) is 31.5 Å². The molecule has 0 saturated carbocycles. The normalized spacial score (nSPS) is 10.5. The first-order valence-corrected chi connectivity index (χ1v) is 4.88. The molecule has 0 spiro atoms. The lowest BCUT2D eigenvalue weighted by Crippen LogP contribution is -2.09. The van der Waals surface area contributed by atoms with Gasteiger partial charge >= 0.3 is 0 Å². The number of hydrogen-bond donors (Lipinski definition) is 1. The van der Waals surface area contributed by atoms with Crippen molar-refractivity contribution in [2.45, 2.75) is 6.54 Å². The van der Waals surface area contributed by atoms with Crippen LogP contribution in [-0.2, 0) is 13.6 Å². The number of nitrogens with one attached hydrogen (secondary N) is 1. The third-order valence-electron chi connectivity index (χ3n) is 2.38. The SMILES string of the molecule is CNCc1cnc(-c2ccncc2)n1C. The van der Waals surface area contributed by atoms with E-state index >= 15 is 0 Å². The van der Waals surface area contributed by atoms with Crippen molar-refractivity contribution in [2.75, 3.05) is 7.05 Å². The largest absolute Gasteiger partial charge is 0.330 e. The van der Waals surface area contributed by atoms with Crippen molar-refractivity contribution in [3.63, 3.8) is 0 Å². The van der Waals surface area contributed by atoms with Gasteiger partial charge in [0.25, 0.3) is 0 Å². The minimum Gasteiger partial charge on any atom is -0.330 e. The summed E-state index contributed by atoms with van der Waals surface area (Å²) in [7, 11) is 3.95. The van der Waals surface area contributed by atoms with Crippen LogP contribution in [0, 0.1) is 0 Å². The first-order valence-electron chi connectivity index (χ1n) is 4.88. The Morgan fingerprint density at radius 2 is 2.07 bits per heavy atom. The predicted molar refractivity (Wildman–Crippen MR) is 59.2 cm³/mol. The summed E-state index contributed by atoms with van der Waals surface area (Å²) < 4.78 is 2.09. The van der Waals surface area contributed by atoms with Crippen molar-refractivity contribution in [3.05, 3.63) is 36.4 Å². The van der Waals surface area contributed by atoms with E-state index in [2.05, 4.69) is 19.9 Å². The second kappa shape index (κ2) is 4.23. The summed E-state index contributed by atoms with van der Waals surface area (Å²) in [5.41, 5.74) is 2.26. The molecule has 0 fully saturated rings. The van der Waals surface area contributed by atoms with Gasteiger partial charge in [-0.2, -0.15) is 0 Å². The molecule has 0 radical (unpaired) electrons. The van der Waals surface area contributed by atoms with Crippen LogP contribution >= 0.6 is 0 Å². The van der Waals surface area contributed by atoms with Crippen molar-refractivity contribution in [1.82, 2.24) is 19.9 Å². The summed E-state index contributed by atoms with van der Waals surface area (Å²) in [4.78, 5) is 8.39. The molecule has 4 heteroatoms. The van der Waals surface area contributed by atoms with Crippen LogP contribution in [0.15, 0.2) is 30.7 Å². The summed E-state index contributed by atoms with van der Waals surface area (Å²) in [6, 6.07) is 3.93. The Labute approximate surface area is 89.0 Å². The molecule has 0 aromatic carbocycles. The minimum atomic E-state index is 0.828. The molecule has 2 aromatic rings. The third-order valence-corrected chi connectivity index (χ3v) is 2.38. The van der Waals surface area contributed by atoms with Crippen LogP contribution in [0.1, 0.15) is 5.69 Å². The Bertz CT molecular complexity index is 433. The Morgan fingerprint density at radius 3 is 2.73 bits per heavy atom. The van der Waals surface area contributed by atoms with Crippen LogP contribution in [0.25, 0.3) is 11.4 Å². The second-order valence-electron chi connectivity index (χ2n) is 3.40. The standard InChI is InChI=1S/C11H14N4/c1-12-7-10-8-14-11(15(10)2)9-3-5-13-6-4-9/h3-6,8,12H,7H2,1-2H3. The van der Waals surface area contributed by atoms with E-state index in [9.17, 15) is 0 Å². The van der Waals surface area contributed by atoms with Crippen LogP contribution in [0.5, 0.6) is 0 Å². The molecule has 78 valence electrons. The molecule has 1 N–H and O–H groups in total. The van der Waals surface area contributed by atoms with E-state index < -0.39 is 0 Å². The van der Waals surface area contributed by atoms with Gasteiger partial charge in [-0.1, -0.05) is 0 Å². The first-order chi connectivity index (χ1) is 7.33. The Hall–Kier alpha value is -1.68. The zero-order valence-corrected chi connectivity index (χ0v) is 8.94. The van der Waals surface area contributed by atoms with E-state index in [1.807, 2.05) is 32.4 Å². The van der Waals surface area contributed by atoms with Crippen molar-refractivity contribution < 1.29 is 0 Å². The third kappa shape index (κ3) is 1.89. The molecule has 0 aliphatic heterocycles. The number of nitrogens with zero attached hydrogens (tertiary/aromatic N) is 3. The van der Waals surface area contributed by atoms with Crippen LogP contribution in [0.3, 0.4) is 0 Å². The first kappa shape index (κ1) is 9.86. The zero-order chi connectivity index (χ0) is 10.7. The molecular weight excluding hydrogens is 188 g/mol. The molecule has 0 amide bonds. The molecule has 2 aromatic heterocycles. The van der Waals surface area contributed by atoms with Gasteiger partial charge in [-0.3, -0.25) is 4.98 Å². The zero-order valence-electron chi connectivity index (χ0n) is 8.94. The Balaban J connectivity index is 2.38. The van der Waals surface area contributed by atoms with Crippen LogP contribution in [0.2, 0.25) is 0 Å². The van der Waals surface area contributed by atoms with Gasteiger partial charge in [0.05, 0.1) is 11.9 Å². The Morgan fingerprint density at radius 1 is 1.33 bits per heavy atom. The average Bonchev–Trinajstić information content (AvgIpc) is 2.63. The van der Waals surface area contributed by atoms with Crippen LogP contribution < -0.4 is 5.32 Å². The number of pyridine rings is 1. The smallest absolute Gasteiger partial charge is 0.139 e. The van der Waals surface area contributed by atoms with Crippen molar-refractivity contribution in [1.29, 1.82) is 0 Å². The molecule has 4 nitrogen and oxygen atoms in total. The summed E-state index contributed by atoms with van der Waals surface area (Å²) in [5.74, 6) is 0.975. The van der Waals surface area contributed by atoms with E-state index in [-0.39, 0.29) is 0 Å². The molecule has 0 aliphatic rings. The molecule has 2 heterocycles. The van der Waals surface area contributed by atoms with Gasteiger partial charge in [-0.15, -0.1) is 0 Å². The summed E-state index contributed by atoms with van der Waals surface area (Å²) in [5, 5.41) is 3.12. The lowest BCUT2D eigenvalue weighted by molar-refractivity contribution is 0.737. The van der Waals surface area contributed by atoms with Crippen LogP contribution in [0.4, 0.5) is 0 Å². The van der Waals surface area contributed by atoms with Gasteiger partial charge in [0.1, 0.15) is 5.82 Å². The summed E-state index contributed by atoms with van der Waals surface area (Å²) >= 11 is 0. The fourth-order valence-corrected chi connectivity index (χ4v) is 1.56. The second-order valence-corrected chi connectivity index (χ2v) is 3.40. The monoisotopic (exact) mass is 202 g/mol. The maximum atomic E-state index is 4.40. The predicted octanol–water partition coefficient (Wildman–Crippen LogP) is 1.20. The highest BCUT2D eigenvalue weighted by atomic mass is 15.1. The lowest BCUT2D eigenvalue weighted by atomic mass is 10.2. The quantitative estimate of drug-likeness (QED) is 0.813. The molecule has 2 rings (SSSR count). The van der Waals surface area contributed by atoms with E-state index in [1.54, 1.807) is 12.4 Å². The molecule has 0 bridgehead atoms. The number of aromatic nitrogens is 3. The van der Waals surface area contributed by atoms with Crippen LogP contribution in [-0.4, -0.2) is 21.6 Å². The lowest BCUT2D eigenvalue weighted by Gasteiger charge is -2.04. The van der Waals surface area contributed by atoms with Gasteiger partial charge in [-0.25, -0.2) is 4.98 Å². The van der Waals surface area contributed by atoms with E-state index in [4.69, 9.17) is 0 Å². The molecule has 0 unspecified atom stereocenters. The van der Waals surface area contributed by atoms with Crippen molar-refractivity contribution in [2.24, 2.45) is 7.05 Å². The fraction of sp³-hybridized carbons (Fsp3) is 0.273. The minimum absolute atomic E-state index is 0.828. The van der Waals surface area contributed by atoms with E-state index in [1.165, 1.54) is 5.69 Å². The number of imidazole rings is 1. The Kier molecular flexibility index (Phi) is 2.78. The van der Waals surface area contributed by atoms with Crippen molar-refractivity contribution in [3.8, 4) is 11.4 Å². The summed E-state index contributed by atoms with van der Waals surface area (Å²) in [6.07, 6.45) is 5.45. The highest BCUT2D eigenvalue weighted by molar-refractivity contribution is 5.54. The number of rotatable bonds is 3. The van der Waals surface area contributed by atoms with Gasteiger partial charge in [0.2, 0.25) is 0 Å². The fourth-order valence-electron chi connectivity index (χ4n) is 1.56. The topological polar surface area (TPSA) is 42.7 Å². The molecular formula is C11H14N4. The van der Waals surface area contributed by atoms with E-state index in [0.29, 0.717) is 0 Å². The molecule has 0 saturated heterocycles.